The Labute approximate surface area is 156 Å². The van der Waals surface area contributed by atoms with Crippen molar-refractivity contribution in [3.8, 4) is 0 Å². The number of nitrogens with zero attached hydrogens (tertiary/aromatic N) is 2. The van der Waals surface area contributed by atoms with E-state index >= 15 is 0 Å². The van der Waals surface area contributed by atoms with Crippen molar-refractivity contribution < 1.29 is 19.4 Å². The Morgan fingerprint density at radius 3 is 3.08 bits per heavy atom. The molecule has 3 rings (SSSR count). The molecule has 0 spiro atoms. The van der Waals surface area contributed by atoms with Gasteiger partial charge >= 0.3 is 12.0 Å². The summed E-state index contributed by atoms with van der Waals surface area (Å²) in [6.45, 7) is 2.36. The summed E-state index contributed by atoms with van der Waals surface area (Å²) in [5.74, 6) is -0.875. The van der Waals surface area contributed by atoms with Crippen LogP contribution in [0.3, 0.4) is 0 Å². The molecule has 2 N–H and O–H groups in total. The number of fused-ring (bicyclic) bond motifs is 1. The van der Waals surface area contributed by atoms with E-state index in [1.807, 2.05) is 6.07 Å². The van der Waals surface area contributed by atoms with Crippen LogP contribution in [0.5, 0.6) is 0 Å². The Morgan fingerprint density at radius 2 is 2.27 bits per heavy atom. The molecule has 1 aliphatic heterocycles. The van der Waals surface area contributed by atoms with E-state index < -0.39 is 5.97 Å². The van der Waals surface area contributed by atoms with E-state index in [1.165, 1.54) is 10.1 Å². The summed E-state index contributed by atoms with van der Waals surface area (Å²) in [5, 5.41) is 15.0. The van der Waals surface area contributed by atoms with Crippen LogP contribution in [0.4, 0.5) is 4.79 Å². The van der Waals surface area contributed by atoms with Gasteiger partial charge in [-0.05, 0) is 41.6 Å². The first-order valence-corrected chi connectivity index (χ1v) is 9.40. The van der Waals surface area contributed by atoms with Crippen molar-refractivity contribution in [3.05, 3.63) is 35.2 Å². The molecule has 2 aromatic rings. The summed E-state index contributed by atoms with van der Waals surface area (Å²) < 4.78 is 6.90. The summed E-state index contributed by atoms with van der Waals surface area (Å²) >= 11 is 1.70. The minimum atomic E-state index is -0.875. The average Bonchev–Trinajstić information content (AvgIpc) is 3.06. The molecular weight excluding hydrogens is 354 g/mol. The number of aliphatic carboxylic acids is 1. The number of thiophene rings is 1. The molecule has 1 atom stereocenters. The van der Waals surface area contributed by atoms with Crippen LogP contribution in [0.1, 0.15) is 5.56 Å². The number of carboxylic acids is 1. The SMILES string of the molecule is CN(CC(=O)O)CC1CN(C(=O)NCc2ccc3sccc3c2)CCO1. The molecule has 1 fully saturated rings. The highest BCUT2D eigenvalue weighted by molar-refractivity contribution is 7.17. The van der Waals surface area contributed by atoms with Crippen molar-refractivity contribution in [1.29, 1.82) is 0 Å². The predicted octanol–water partition coefficient (Wildman–Crippen LogP) is 1.83. The van der Waals surface area contributed by atoms with E-state index in [1.54, 1.807) is 28.2 Å². The highest BCUT2D eigenvalue weighted by Gasteiger charge is 2.25. The van der Waals surface area contributed by atoms with Crippen LogP contribution >= 0.6 is 11.3 Å². The maximum Gasteiger partial charge on any atom is 0.317 e. The number of carbonyl (C=O) groups is 2. The van der Waals surface area contributed by atoms with E-state index in [9.17, 15) is 9.59 Å². The fraction of sp³-hybridized carbons (Fsp3) is 0.444. The number of amides is 2. The molecule has 8 heteroatoms. The highest BCUT2D eigenvalue weighted by atomic mass is 32.1. The lowest BCUT2D eigenvalue weighted by Gasteiger charge is -2.34. The zero-order chi connectivity index (χ0) is 18.5. The third-order valence-corrected chi connectivity index (χ3v) is 5.20. The second-order valence-corrected chi connectivity index (χ2v) is 7.43. The number of rotatable bonds is 6. The van der Waals surface area contributed by atoms with Gasteiger partial charge in [0.25, 0.3) is 0 Å². The molecule has 140 valence electrons. The van der Waals surface area contributed by atoms with Gasteiger partial charge in [-0.25, -0.2) is 4.79 Å². The number of hydrogen-bond donors (Lipinski definition) is 2. The van der Waals surface area contributed by atoms with Crippen LogP contribution in [-0.2, 0) is 16.1 Å². The van der Waals surface area contributed by atoms with Crippen LogP contribution < -0.4 is 5.32 Å². The van der Waals surface area contributed by atoms with E-state index in [-0.39, 0.29) is 18.7 Å². The molecule has 0 aliphatic carbocycles. The second-order valence-electron chi connectivity index (χ2n) is 6.48. The molecule has 1 aromatic heterocycles. The minimum Gasteiger partial charge on any atom is -0.480 e. The molecule has 2 amide bonds. The van der Waals surface area contributed by atoms with Gasteiger partial charge in [0, 0.05) is 30.9 Å². The average molecular weight is 377 g/mol. The molecule has 1 saturated heterocycles. The first-order valence-electron chi connectivity index (χ1n) is 8.52. The van der Waals surface area contributed by atoms with Crippen molar-refractivity contribution in [1.82, 2.24) is 15.1 Å². The normalized spacial score (nSPS) is 17.6. The Morgan fingerprint density at radius 1 is 1.42 bits per heavy atom. The molecule has 2 heterocycles. The molecule has 0 saturated carbocycles. The Kier molecular flexibility index (Phi) is 6.08. The van der Waals surface area contributed by atoms with Crippen molar-refractivity contribution in [3.63, 3.8) is 0 Å². The fourth-order valence-electron chi connectivity index (χ4n) is 3.07. The number of benzene rings is 1. The number of morpholine rings is 1. The Bertz CT molecular complexity index is 779. The first kappa shape index (κ1) is 18.6. The number of ether oxygens (including phenoxy) is 1. The quantitative estimate of drug-likeness (QED) is 0.803. The largest absolute Gasteiger partial charge is 0.480 e. The number of carbonyl (C=O) groups excluding carboxylic acids is 1. The first-order chi connectivity index (χ1) is 12.5. The summed E-state index contributed by atoms with van der Waals surface area (Å²) in [4.78, 5) is 26.6. The van der Waals surface area contributed by atoms with Crippen molar-refractivity contribution in [2.75, 3.05) is 39.8 Å². The van der Waals surface area contributed by atoms with Crippen LogP contribution in [0.2, 0.25) is 0 Å². The molecule has 1 aromatic carbocycles. The fourth-order valence-corrected chi connectivity index (χ4v) is 3.84. The third kappa shape index (κ3) is 4.94. The standard InChI is InChI=1S/C18H23N3O4S/c1-20(12-17(22)23)10-15-11-21(5-6-25-15)18(24)19-9-13-2-3-16-14(8-13)4-7-26-16/h2-4,7-8,15H,5-6,9-12H2,1H3,(H,19,24)(H,22,23). The number of urea groups is 1. The van der Waals surface area contributed by atoms with Gasteiger partial charge < -0.3 is 20.1 Å². The monoisotopic (exact) mass is 377 g/mol. The zero-order valence-electron chi connectivity index (χ0n) is 14.7. The van der Waals surface area contributed by atoms with E-state index in [0.717, 1.165) is 5.56 Å². The number of hydrogen-bond acceptors (Lipinski definition) is 5. The highest BCUT2D eigenvalue weighted by Crippen LogP contribution is 2.21. The zero-order valence-corrected chi connectivity index (χ0v) is 15.5. The molecule has 7 nitrogen and oxygen atoms in total. The van der Waals surface area contributed by atoms with E-state index in [0.29, 0.717) is 32.8 Å². The van der Waals surface area contributed by atoms with Crippen molar-refractivity contribution in [2.24, 2.45) is 0 Å². The molecule has 1 aliphatic rings. The third-order valence-electron chi connectivity index (χ3n) is 4.31. The van der Waals surface area contributed by atoms with Crippen LogP contribution in [-0.4, -0.2) is 72.8 Å². The maximum absolute atomic E-state index is 12.4. The molecule has 0 radical (unpaired) electrons. The lowest BCUT2D eigenvalue weighted by atomic mass is 10.2. The van der Waals surface area contributed by atoms with Gasteiger partial charge in [0.1, 0.15) is 0 Å². The Hall–Kier alpha value is -2.16. The van der Waals surface area contributed by atoms with Gasteiger partial charge in [0.05, 0.1) is 19.3 Å². The van der Waals surface area contributed by atoms with Gasteiger partial charge in [0.15, 0.2) is 0 Å². The molecule has 0 bridgehead atoms. The van der Waals surface area contributed by atoms with Gasteiger partial charge in [-0.2, -0.15) is 0 Å². The topological polar surface area (TPSA) is 82.1 Å². The van der Waals surface area contributed by atoms with Crippen molar-refractivity contribution in [2.45, 2.75) is 12.6 Å². The van der Waals surface area contributed by atoms with Gasteiger partial charge in [-0.1, -0.05) is 6.07 Å². The minimum absolute atomic E-state index is 0.0445. The van der Waals surface area contributed by atoms with Crippen LogP contribution in [0, 0.1) is 0 Å². The van der Waals surface area contributed by atoms with Crippen LogP contribution in [0.15, 0.2) is 29.6 Å². The summed E-state index contributed by atoms with van der Waals surface area (Å²) in [6.07, 6.45) is -0.180. The predicted molar refractivity (Wildman–Crippen MR) is 101 cm³/mol. The number of carboxylic acid groups (broad SMARTS) is 1. The lowest BCUT2D eigenvalue weighted by Crippen LogP contribution is -2.52. The number of likely N-dealkylation sites (N-methyl/N-ethyl adjacent to an activating group) is 1. The molecular formula is C18H23N3O4S. The maximum atomic E-state index is 12.4. The molecule has 1 unspecified atom stereocenters. The summed E-state index contributed by atoms with van der Waals surface area (Å²) in [6, 6.07) is 8.15. The van der Waals surface area contributed by atoms with Gasteiger partial charge in [-0.3, -0.25) is 9.69 Å². The summed E-state index contributed by atoms with van der Waals surface area (Å²) in [5.41, 5.74) is 1.07. The van der Waals surface area contributed by atoms with Gasteiger partial charge in [0.2, 0.25) is 0 Å². The van der Waals surface area contributed by atoms with Crippen molar-refractivity contribution >= 4 is 33.4 Å². The lowest BCUT2D eigenvalue weighted by molar-refractivity contribution is -0.138. The molecule has 26 heavy (non-hydrogen) atoms. The summed E-state index contributed by atoms with van der Waals surface area (Å²) in [7, 11) is 1.73. The van der Waals surface area contributed by atoms with Gasteiger partial charge in [-0.15, -0.1) is 11.3 Å². The van der Waals surface area contributed by atoms with Crippen LogP contribution in [0.25, 0.3) is 10.1 Å². The second kappa shape index (κ2) is 8.48. The Balaban J connectivity index is 1.49. The van der Waals surface area contributed by atoms with E-state index in [4.69, 9.17) is 9.84 Å². The van der Waals surface area contributed by atoms with E-state index in [2.05, 4.69) is 28.9 Å². The smallest absolute Gasteiger partial charge is 0.317 e. The number of nitrogens with one attached hydrogen (secondary N) is 1.